The fourth-order valence-electron chi connectivity index (χ4n) is 4.34. The average Bonchev–Trinajstić information content (AvgIpc) is 2.80. The van der Waals surface area contributed by atoms with Gasteiger partial charge in [-0.3, -0.25) is 9.59 Å². The van der Waals surface area contributed by atoms with Gasteiger partial charge in [0.25, 0.3) is 5.91 Å². The Bertz CT molecular complexity index is 1080. The van der Waals surface area contributed by atoms with Crippen LogP contribution in [0.25, 0.3) is 0 Å². The van der Waals surface area contributed by atoms with Gasteiger partial charge in [-0.05, 0) is 61.4 Å². The van der Waals surface area contributed by atoms with E-state index < -0.39 is 0 Å². The van der Waals surface area contributed by atoms with E-state index in [9.17, 15) is 9.59 Å². The first-order chi connectivity index (χ1) is 15.0. The Hall–Kier alpha value is -2.92. The number of carbonyl (C=O) groups is 2. The number of anilines is 2. The van der Waals surface area contributed by atoms with Crippen molar-refractivity contribution in [1.82, 2.24) is 0 Å². The highest BCUT2D eigenvalue weighted by atomic mass is 79.9. The van der Waals surface area contributed by atoms with E-state index in [4.69, 9.17) is 0 Å². The molecule has 0 radical (unpaired) electrons. The van der Waals surface area contributed by atoms with Crippen molar-refractivity contribution in [2.45, 2.75) is 38.8 Å². The van der Waals surface area contributed by atoms with Crippen LogP contribution in [0.15, 0.2) is 83.3 Å². The minimum absolute atomic E-state index is 0.0173. The number of hydrogen-bond donors (Lipinski definition) is 0. The summed E-state index contributed by atoms with van der Waals surface area (Å²) in [6, 6.07) is 25.0. The van der Waals surface area contributed by atoms with Crippen LogP contribution in [-0.4, -0.2) is 17.9 Å². The number of halogens is 1. The van der Waals surface area contributed by atoms with Crippen molar-refractivity contribution in [3.8, 4) is 0 Å². The molecule has 4 rings (SSSR count). The maximum Gasteiger partial charge on any atom is 0.258 e. The molecule has 3 aromatic rings. The second-order valence-corrected chi connectivity index (χ2v) is 8.71. The molecule has 0 saturated carbocycles. The quantitative estimate of drug-likeness (QED) is 0.438. The summed E-state index contributed by atoms with van der Waals surface area (Å²) in [6.07, 6.45) is 1.11. The van der Waals surface area contributed by atoms with Crippen molar-refractivity contribution < 1.29 is 9.59 Å². The second kappa shape index (κ2) is 9.06. The number of hydrogen-bond acceptors (Lipinski definition) is 2. The van der Waals surface area contributed by atoms with Crippen LogP contribution in [0.2, 0.25) is 0 Å². The van der Waals surface area contributed by atoms with E-state index in [1.807, 2.05) is 95.6 Å². The van der Waals surface area contributed by atoms with Crippen LogP contribution in [0.3, 0.4) is 0 Å². The first-order valence-corrected chi connectivity index (χ1v) is 11.4. The molecule has 31 heavy (non-hydrogen) atoms. The number of rotatable bonds is 4. The van der Waals surface area contributed by atoms with E-state index in [1.165, 1.54) is 0 Å². The van der Waals surface area contributed by atoms with Gasteiger partial charge in [0.2, 0.25) is 5.91 Å². The molecule has 0 unspecified atom stereocenters. The lowest BCUT2D eigenvalue weighted by Crippen LogP contribution is -2.47. The lowest BCUT2D eigenvalue weighted by molar-refractivity contribution is -0.118. The SMILES string of the molecule is CCC(=O)N1c2ccccc2[C@H](N(C(=O)c2ccc(Br)cc2)c2ccccc2)C[C@@H]1C. The Morgan fingerprint density at radius 3 is 2.29 bits per heavy atom. The predicted octanol–water partition coefficient (Wildman–Crippen LogP) is 6.37. The monoisotopic (exact) mass is 476 g/mol. The standard InChI is InChI=1S/C26H25BrN2O2/c1-3-25(30)28-18(2)17-24(22-11-7-8-12-23(22)28)29(21-9-5-4-6-10-21)26(31)19-13-15-20(27)16-14-19/h4-16,18,24H,3,17H2,1-2H3/t18-,24+/m0/s1. The van der Waals surface area contributed by atoms with Crippen LogP contribution < -0.4 is 9.80 Å². The van der Waals surface area contributed by atoms with Gasteiger partial charge in [-0.2, -0.15) is 0 Å². The van der Waals surface area contributed by atoms with Gasteiger partial charge in [0.15, 0.2) is 0 Å². The summed E-state index contributed by atoms with van der Waals surface area (Å²) in [5.74, 6) is 0.0462. The molecule has 4 nitrogen and oxygen atoms in total. The summed E-state index contributed by atoms with van der Waals surface area (Å²) in [7, 11) is 0. The molecule has 0 saturated heterocycles. The van der Waals surface area contributed by atoms with Crippen LogP contribution in [0.4, 0.5) is 11.4 Å². The summed E-state index contributed by atoms with van der Waals surface area (Å²) in [6.45, 7) is 3.95. The van der Waals surface area contributed by atoms with E-state index in [0.717, 1.165) is 21.4 Å². The smallest absolute Gasteiger partial charge is 0.258 e. The van der Waals surface area contributed by atoms with Crippen molar-refractivity contribution >= 4 is 39.1 Å². The molecule has 2 atom stereocenters. The average molecular weight is 477 g/mol. The molecule has 5 heteroatoms. The van der Waals surface area contributed by atoms with Crippen molar-refractivity contribution in [3.63, 3.8) is 0 Å². The fourth-order valence-corrected chi connectivity index (χ4v) is 4.60. The number of fused-ring (bicyclic) bond motifs is 1. The highest BCUT2D eigenvalue weighted by Gasteiger charge is 2.38. The zero-order valence-electron chi connectivity index (χ0n) is 17.7. The largest absolute Gasteiger partial charge is 0.309 e. The van der Waals surface area contributed by atoms with Gasteiger partial charge in [0.05, 0.1) is 6.04 Å². The lowest BCUT2D eigenvalue weighted by atomic mass is 9.89. The minimum Gasteiger partial charge on any atom is -0.309 e. The van der Waals surface area contributed by atoms with E-state index in [2.05, 4.69) is 22.9 Å². The van der Waals surface area contributed by atoms with Crippen molar-refractivity contribution in [1.29, 1.82) is 0 Å². The van der Waals surface area contributed by atoms with Gasteiger partial charge in [0, 0.05) is 33.9 Å². The van der Waals surface area contributed by atoms with Gasteiger partial charge in [-0.1, -0.05) is 59.3 Å². The van der Waals surface area contributed by atoms with Gasteiger partial charge in [0.1, 0.15) is 0 Å². The molecular formula is C26H25BrN2O2. The van der Waals surface area contributed by atoms with Crippen LogP contribution >= 0.6 is 15.9 Å². The molecule has 0 fully saturated rings. The summed E-state index contributed by atoms with van der Waals surface area (Å²) in [5, 5.41) is 0. The van der Waals surface area contributed by atoms with E-state index in [-0.39, 0.29) is 23.9 Å². The summed E-state index contributed by atoms with van der Waals surface area (Å²) < 4.78 is 0.931. The molecule has 0 aromatic heterocycles. The molecule has 158 valence electrons. The van der Waals surface area contributed by atoms with Gasteiger partial charge in [-0.15, -0.1) is 0 Å². The third kappa shape index (κ3) is 4.15. The van der Waals surface area contributed by atoms with E-state index in [1.54, 1.807) is 0 Å². The molecule has 0 N–H and O–H groups in total. The summed E-state index contributed by atoms with van der Waals surface area (Å²) in [5.41, 5.74) is 3.36. The number of benzene rings is 3. The van der Waals surface area contributed by atoms with Crippen LogP contribution in [0, 0.1) is 0 Å². The molecule has 0 bridgehead atoms. The highest BCUT2D eigenvalue weighted by molar-refractivity contribution is 9.10. The lowest BCUT2D eigenvalue weighted by Gasteiger charge is -2.43. The van der Waals surface area contributed by atoms with Crippen molar-refractivity contribution in [2.75, 3.05) is 9.80 Å². The summed E-state index contributed by atoms with van der Waals surface area (Å²) in [4.78, 5) is 30.3. The first kappa shape index (κ1) is 21.3. The fraction of sp³-hybridized carbons (Fsp3) is 0.231. The number of nitrogens with zero attached hydrogens (tertiary/aromatic N) is 2. The summed E-state index contributed by atoms with van der Waals surface area (Å²) >= 11 is 3.45. The Kier molecular flexibility index (Phi) is 6.23. The number of para-hydroxylation sites is 2. The molecule has 1 aliphatic heterocycles. The number of carbonyl (C=O) groups excluding carboxylic acids is 2. The Labute approximate surface area is 191 Å². The van der Waals surface area contributed by atoms with Crippen LogP contribution in [0.1, 0.15) is 48.7 Å². The first-order valence-electron chi connectivity index (χ1n) is 10.6. The minimum atomic E-state index is -0.175. The van der Waals surface area contributed by atoms with Crippen molar-refractivity contribution in [2.24, 2.45) is 0 Å². The van der Waals surface area contributed by atoms with E-state index in [0.29, 0.717) is 18.4 Å². The third-order valence-electron chi connectivity index (χ3n) is 5.79. The van der Waals surface area contributed by atoms with Crippen molar-refractivity contribution in [3.05, 3.63) is 94.5 Å². The number of amides is 2. The molecule has 0 spiro atoms. The Balaban J connectivity index is 1.84. The normalized spacial score (nSPS) is 17.7. The maximum atomic E-state index is 13.8. The maximum absolute atomic E-state index is 13.8. The predicted molar refractivity (Wildman–Crippen MR) is 128 cm³/mol. The molecule has 0 aliphatic carbocycles. The molecule has 1 heterocycles. The third-order valence-corrected chi connectivity index (χ3v) is 6.32. The van der Waals surface area contributed by atoms with Gasteiger partial charge >= 0.3 is 0 Å². The van der Waals surface area contributed by atoms with Gasteiger partial charge in [-0.25, -0.2) is 0 Å². The zero-order valence-corrected chi connectivity index (χ0v) is 19.2. The molecule has 2 amide bonds. The van der Waals surface area contributed by atoms with Crippen LogP contribution in [0.5, 0.6) is 0 Å². The second-order valence-electron chi connectivity index (χ2n) is 7.79. The zero-order chi connectivity index (χ0) is 22.0. The molecule has 3 aromatic carbocycles. The Morgan fingerprint density at radius 1 is 0.968 bits per heavy atom. The Morgan fingerprint density at radius 2 is 1.61 bits per heavy atom. The highest BCUT2D eigenvalue weighted by Crippen LogP contribution is 2.42. The molecule has 1 aliphatic rings. The van der Waals surface area contributed by atoms with Crippen LogP contribution in [-0.2, 0) is 4.79 Å². The molecular weight excluding hydrogens is 452 g/mol. The van der Waals surface area contributed by atoms with E-state index >= 15 is 0 Å². The topological polar surface area (TPSA) is 40.6 Å². The van der Waals surface area contributed by atoms with Gasteiger partial charge < -0.3 is 9.80 Å².